The molecule has 0 radical (unpaired) electrons. The Balaban J connectivity index is 2.31. The van der Waals surface area contributed by atoms with E-state index in [1.54, 1.807) is 6.33 Å². The Labute approximate surface area is 111 Å². The summed E-state index contributed by atoms with van der Waals surface area (Å²) in [6.45, 7) is 4.13. The first-order valence-corrected chi connectivity index (χ1v) is 6.25. The number of hydrogen-bond donors (Lipinski definition) is 1. The fourth-order valence-corrected chi connectivity index (χ4v) is 2.35. The standard InChI is InChI=1S/C16H15N3/c1-11-7-8-15(12(2)9-11)19-10-18-14-6-4-3-5-13(14)16(19)17/h3-10,17H,1-2H3. The minimum Gasteiger partial charge on any atom is -0.285 e. The molecular weight excluding hydrogens is 234 g/mol. The molecule has 94 valence electrons. The lowest BCUT2D eigenvalue weighted by Gasteiger charge is -2.11. The monoisotopic (exact) mass is 249 g/mol. The summed E-state index contributed by atoms with van der Waals surface area (Å²) in [5, 5.41) is 9.22. The molecule has 0 spiro atoms. The van der Waals surface area contributed by atoms with Crippen LogP contribution in [0.15, 0.2) is 48.8 Å². The average molecular weight is 249 g/mol. The molecule has 1 aromatic heterocycles. The Morgan fingerprint density at radius 2 is 1.84 bits per heavy atom. The third-order valence-electron chi connectivity index (χ3n) is 3.32. The molecule has 3 nitrogen and oxygen atoms in total. The van der Waals surface area contributed by atoms with E-state index in [-0.39, 0.29) is 0 Å². The number of aryl methyl sites for hydroxylation is 2. The molecule has 0 amide bonds. The smallest absolute Gasteiger partial charge is 0.140 e. The van der Waals surface area contributed by atoms with E-state index in [0.717, 1.165) is 22.2 Å². The van der Waals surface area contributed by atoms with Gasteiger partial charge in [0.25, 0.3) is 0 Å². The summed E-state index contributed by atoms with van der Waals surface area (Å²) >= 11 is 0. The van der Waals surface area contributed by atoms with Crippen LogP contribution in [0, 0.1) is 19.3 Å². The molecule has 0 aliphatic heterocycles. The summed E-state index contributed by atoms with van der Waals surface area (Å²) in [5.74, 6) is 0. The third kappa shape index (κ3) is 1.93. The van der Waals surface area contributed by atoms with Crippen molar-refractivity contribution < 1.29 is 0 Å². The number of nitrogens with zero attached hydrogens (tertiary/aromatic N) is 2. The van der Waals surface area contributed by atoms with Crippen molar-refractivity contribution in [3.05, 3.63) is 65.4 Å². The Morgan fingerprint density at radius 3 is 2.63 bits per heavy atom. The number of aromatic nitrogens is 2. The maximum atomic E-state index is 8.35. The molecule has 3 aromatic rings. The molecule has 0 atom stereocenters. The first-order valence-electron chi connectivity index (χ1n) is 6.25. The van der Waals surface area contributed by atoms with E-state index in [0.29, 0.717) is 5.49 Å². The maximum absolute atomic E-state index is 8.35. The third-order valence-corrected chi connectivity index (χ3v) is 3.32. The van der Waals surface area contributed by atoms with Crippen molar-refractivity contribution in [1.29, 1.82) is 5.41 Å². The lowest BCUT2D eigenvalue weighted by atomic mass is 10.1. The highest BCUT2D eigenvalue weighted by Gasteiger charge is 2.05. The SMILES string of the molecule is Cc1ccc(-n2cnc3ccccc3c2=N)c(C)c1. The van der Waals surface area contributed by atoms with Gasteiger partial charge in [-0.1, -0.05) is 29.8 Å². The van der Waals surface area contributed by atoms with Crippen molar-refractivity contribution in [2.45, 2.75) is 13.8 Å². The second-order valence-corrected chi connectivity index (χ2v) is 4.77. The molecule has 1 N–H and O–H groups in total. The van der Waals surface area contributed by atoms with Crippen molar-refractivity contribution in [3.8, 4) is 5.69 Å². The molecule has 0 aliphatic rings. The molecule has 3 rings (SSSR count). The lowest BCUT2D eigenvalue weighted by molar-refractivity contribution is 0.902. The van der Waals surface area contributed by atoms with E-state index in [2.05, 4.69) is 31.0 Å². The van der Waals surface area contributed by atoms with Gasteiger partial charge in [0.05, 0.1) is 11.2 Å². The second kappa shape index (κ2) is 4.35. The van der Waals surface area contributed by atoms with Gasteiger partial charge in [0, 0.05) is 5.39 Å². The Kier molecular flexibility index (Phi) is 2.67. The Bertz CT molecular complexity index is 816. The molecule has 0 aliphatic carbocycles. The van der Waals surface area contributed by atoms with Gasteiger partial charge in [-0.3, -0.25) is 9.98 Å². The van der Waals surface area contributed by atoms with Gasteiger partial charge >= 0.3 is 0 Å². The first-order chi connectivity index (χ1) is 9.16. The number of nitrogens with one attached hydrogen (secondary N) is 1. The highest BCUT2D eigenvalue weighted by atomic mass is 15.0. The average Bonchev–Trinajstić information content (AvgIpc) is 2.41. The lowest BCUT2D eigenvalue weighted by Crippen LogP contribution is -2.19. The van der Waals surface area contributed by atoms with Crippen molar-refractivity contribution >= 4 is 10.9 Å². The van der Waals surface area contributed by atoms with E-state index in [1.165, 1.54) is 5.56 Å². The summed E-state index contributed by atoms with van der Waals surface area (Å²) in [4.78, 5) is 4.42. The van der Waals surface area contributed by atoms with E-state index >= 15 is 0 Å². The van der Waals surface area contributed by atoms with Gasteiger partial charge in [0.1, 0.15) is 11.8 Å². The Hall–Kier alpha value is -2.42. The molecule has 0 saturated carbocycles. The minimum atomic E-state index is 0.470. The largest absolute Gasteiger partial charge is 0.285 e. The molecule has 0 unspecified atom stereocenters. The number of benzene rings is 2. The van der Waals surface area contributed by atoms with Gasteiger partial charge in [-0.15, -0.1) is 0 Å². The summed E-state index contributed by atoms with van der Waals surface area (Å²) in [6, 6.07) is 14.0. The normalized spacial score (nSPS) is 10.8. The van der Waals surface area contributed by atoms with Crippen LogP contribution in [0.1, 0.15) is 11.1 Å². The summed E-state index contributed by atoms with van der Waals surface area (Å²) in [6.07, 6.45) is 1.72. The van der Waals surface area contributed by atoms with E-state index in [1.807, 2.05) is 34.9 Å². The minimum absolute atomic E-state index is 0.470. The molecule has 0 bridgehead atoms. The fraction of sp³-hybridized carbons (Fsp3) is 0.125. The summed E-state index contributed by atoms with van der Waals surface area (Å²) < 4.78 is 1.83. The van der Waals surface area contributed by atoms with Crippen LogP contribution in [0.3, 0.4) is 0 Å². The molecular formula is C16H15N3. The Morgan fingerprint density at radius 1 is 1.05 bits per heavy atom. The predicted molar refractivity (Wildman–Crippen MR) is 76.4 cm³/mol. The van der Waals surface area contributed by atoms with Crippen molar-refractivity contribution in [3.63, 3.8) is 0 Å². The maximum Gasteiger partial charge on any atom is 0.140 e. The first kappa shape index (κ1) is 11.7. The second-order valence-electron chi connectivity index (χ2n) is 4.77. The van der Waals surface area contributed by atoms with Crippen LogP contribution in [-0.2, 0) is 0 Å². The van der Waals surface area contributed by atoms with Crippen LogP contribution < -0.4 is 5.49 Å². The fourth-order valence-electron chi connectivity index (χ4n) is 2.35. The number of para-hydroxylation sites is 1. The highest BCUT2D eigenvalue weighted by Crippen LogP contribution is 2.15. The summed E-state index contributed by atoms with van der Waals surface area (Å²) in [5.41, 5.74) is 4.71. The van der Waals surface area contributed by atoms with Crippen molar-refractivity contribution in [1.82, 2.24) is 9.55 Å². The number of fused-ring (bicyclic) bond motifs is 1. The van der Waals surface area contributed by atoms with Crippen LogP contribution in [0.25, 0.3) is 16.6 Å². The van der Waals surface area contributed by atoms with Gasteiger partial charge in [0.2, 0.25) is 0 Å². The molecule has 3 heteroatoms. The molecule has 19 heavy (non-hydrogen) atoms. The van der Waals surface area contributed by atoms with Crippen molar-refractivity contribution in [2.24, 2.45) is 0 Å². The van der Waals surface area contributed by atoms with E-state index < -0.39 is 0 Å². The zero-order valence-corrected chi connectivity index (χ0v) is 11.0. The molecule has 2 aromatic carbocycles. The summed E-state index contributed by atoms with van der Waals surface area (Å²) in [7, 11) is 0. The van der Waals surface area contributed by atoms with Crippen LogP contribution in [0.5, 0.6) is 0 Å². The van der Waals surface area contributed by atoms with Gasteiger partial charge in [-0.05, 0) is 37.6 Å². The van der Waals surface area contributed by atoms with Gasteiger partial charge in [0.15, 0.2) is 0 Å². The molecule has 0 saturated heterocycles. The number of rotatable bonds is 1. The zero-order chi connectivity index (χ0) is 13.4. The van der Waals surface area contributed by atoms with Gasteiger partial charge < -0.3 is 0 Å². The topological polar surface area (TPSA) is 41.7 Å². The van der Waals surface area contributed by atoms with Crippen LogP contribution >= 0.6 is 0 Å². The van der Waals surface area contributed by atoms with Crippen LogP contribution in [0.2, 0.25) is 0 Å². The molecule has 1 heterocycles. The van der Waals surface area contributed by atoms with E-state index in [4.69, 9.17) is 5.41 Å². The zero-order valence-electron chi connectivity index (χ0n) is 11.0. The van der Waals surface area contributed by atoms with Crippen LogP contribution in [-0.4, -0.2) is 9.55 Å². The van der Waals surface area contributed by atoms with Gasteiger partial charge in [-0.2, -0.15) is 0 Å². The van der Waals surface area contributed by atoms with Gasteiger partial charge in [-0.25, -0.2) is 4.98 Å². The number of hydrogen-bond acceptors (Lipinski definition) is 2. The van der Waals surface area contributed by atoms with E-state index in [9.17, 15) is 0 Å². The molecule has 0 fully saturated rings. The predicted octanol–water partition coefficient (Wildman–Crippen LogP) is 3.12. The van der Waals surface area contributed by atoms with Crippen molar-refractivity contribution in [2.75, 3.05) is 0 Å². The highest BCUT2D eigenvalue weighted by molar-refractivity contribution is 5.77. The quantitative estimate of drug-likeness (QED) is 0.707. The van der Waals surface area contributed by atoms with Crippen LogP contribution in [0.4, 0.5) is 0 Å².